The lowest BCUT2D eigenvalue weighted by atomic mass is 9.96. The lowest BCUT2D eigenvalue weighted by Crippen LogP contribution is -2.18. The molecule has 15 heavy (non-hydrogen) atoms. The Bertz CT molecular complexity index is 368. The Morgan fingerprint density at radius 3 is 2.13 bits per heavy atom. The summed E-state index contributed by atoms with van der Waals surface area (Å²) in [4.78, 5) is 22.8. The van der Waals surface area contributed by atoms with E-state index >= 15 is 0 Å². The molecule has 1 aromatic rings. The van der Waals surface area contributed by atoms with Crippen LogP contribution in [0.15, 0.2) is 24.3 Å². The average molecular weight is 205 g/mol. The van der Waals surface area contributed by atoms with Crippen LogP contribution in [0.4, 0.5) is 5.69 Å². The molecule has 0 heterocycles. The number of benzene rings is 1. The number of rotatable bonds is 4. The predicted molar refractivity (Wildman–Crippen MR) is 60.2 cm³/mol. The zero-order chi connectivity index (χ0) is 11.4. The minimum atomic E-state index is -0.551. The van der Waals surface area contributed by atoms with Crippen LogP contribution in [0.2, 0.25) is 0 Å². The van der Waals surface area contributed by atoms with Crippen LogP contribution < -0.4 is 5.32 Å². The lowest BCUT2D eigenvalue weighted by molar-refractivity contribution is -0.118. The van der Waals surface area contributed by atoms with Crippen molar-refractivity contribution >= 4 is 17.3 Å². The molecule has 0 spiro atoms. The van der Waals surface area contributed by atoms with Crippen LogP contribution in [-0.4, -0.2) is 18.6 Å². The predicted octanol–water partition coefficient (Wildman–Crippen LogP) is 2.14. The van der Waals surface area contributed by atoms with Gasteiger partial charge >= 0.3 is 0 Å². The van der Waals surface area contributed by atoms with E-state index in [9.17, 15) is 9.59 Å². The first-order chi connectivity index (χ1) is 7.06. The summed E-state index contributed by atoms with van der Waals surface area (Å²) >= 11 is 0. The van der Waals surface area contributed by atoms with Crippen LogP contribution in [0.5, 0.6) is 0 Å². The van der Waals surface area contributed by atoms with Crippen LogP contribution in [0.3, 0.4) is 0 Å². The molecule has 0 aliphatic carbocycles. The van der Waals surface area contributed by atoms with Crippen molar-refractivity contribution in [2.24, 2.45) is 5.92 Å². The Kier molecular flexibility index (Phi) is 3.61. The van der Waals surface area contributed by atoms with E-state index in [4.69, 9.17) is 0 Å². The van der Waals surface area contributed by atoms with E-state index in [1.54, 1.807) is 19.1 Å². The number of carbonyl (C=O) groups is 2. The van der Waals surface area contributed by atoms with Crippen LogP contribution in [-0.2, 0) is 4.79 Å². The monoisotopic (exact) mass is 205 g/mol. The molecular formula is C12H15NO2. The van der Waals surface area contributed by atoms with Gasteiger partial charge in [0.15, 0.2) is 5.78 Å². The van der Waals surface area contributed by atoms with Gasteiger partial charge in [0.1, 0.15) is 5.78 Å². The van der Waals surface area contributed by atoms with Gasteiger partial charge in [0.2, 0.25) is 0 Å². The van der Waals surface area contributed by atoms with E-state index < -0.39 is 5.92 Å². The summed E-state index contributed by atoms with van der Waals surface area (Å²) in [5.41, 5.74) is 1.53. The Balaban J connectivity index is 2.87. The number of carbonyl (C=O) groups excluding carboxylic acids is 2. The van der Waals surface area contributed by atoms with Gasteiger partial charge in [-0.25, -0.2) is 0 Å². The van der Waals surface area contributed by atoms with Crippen molar-refractivity contribution in [2.45, 2.75) is 13.8 Å². The minimum Gasteiger partial charge on any atom is -0.388 e. The minimum absolute atomic E-state index is 0.0994. The van der Waals surface area contributed by atoms with E-state index in [1.165, 1.54) is 6.92 Å². The van der Waals surface area contributed by atoms with Gasteiger partial charge in [0.05, 0.1) is 5.92 Å². The molecule has 3 heteroatoms. The second-order valence-electron chi connectivity index (χ2n) is 3.52. The SMILES string of the molecule is CNc1ccc(C(=O)C(C)C(C)=O)cc1. The molecule has 0 aliphatic rings. The zero-order valence-electron chi connectivity index (χ0n) is 9.20. The third-order valence-electron chi connectivity index (χ3n) is 2.46. The molecule has 0 amide bonds. The number of ketones is 2. The second kappa shape index (κ2) is 4.73. The van der Waals surface area contributed by atoms with Gasteiger partial charge in [0.25, 0.3) is 0 Å². The van der Waals surface area contributed by atoms with Gasteiger partial charge in [-0.1, -0.05) is 0 Å². The smallest absolute Gasteiger partial charge is 0.173 e. The molecule has 1 N–H and O–H groups in total. The molecule has 3 nitrogen and oxygen atoms in total. The summed E-state index contributed by atoms with van der Waals surface area (Å²) in [6.45, 7) is 3.07. The second-order valence-corrected chi connectivity index (χ2v) is 3.52. The Hall–Kier alpha value is -1.64. The molecule has 0 aromatic heterocycles. The molecule has 1 aromatic carbocycles. The molecule has 0 aliphatic heterocycles. The molecule has 0 saturated carbocycles. The van der Waals surface area contributed by atoms with Crippen LogP contribution >= 0.6 is 0 Å². The van der Waals surface area contributed by atoms with Gasteiger partial charge < -0.3 is 5.32 Å². The highest BCUT2D eigenvalue weighted by atomic mass is 16.1. The standard InChI is InChI=1S/C12H15NO2/c1-8(9(2)14)12(15)10-4-6-11(13-3)7-5-10/h4-8,13H,1-3H3. The average Bonchev–Trinajstić information content (AvgIpc) is 2.27. The van der Waals surface area contributed by atoms with Crippen molar-refractivity contribution in [2.75, 3.05) is 12.4 Å². The van der Waals surface area contributed by atoms with Crippen molar-refractivity contribution in [1.29, 1.82) is 0 Å². The van der Waals surface area contributed by atoms with E-state index in [0.717, 1.165) is 5.69 Å². The fourth-order valence-corrected chi connectivity index (χ4v) is 1.24. The fraction of sp³-hybridized carbons (Fsp3) is 0.333. The van der Waals surface area contributed by atoms with Crippen LogP contribution in [0.25, 0.3) is 0 Å². The van der Waals surface area contributed by atoms with Crippen molar-refractivity contribution in [3.05, 3.63) is 29.8 Å². The largest absolute Gasteiger partial charge is 0.388 e. The number of anilines is 1. The van der Waals surface area contributed by atoms with Gasteiger partial charge in [-0.3, -0.25) is 9.59 Å². The lowest BCUT2D eigenvalue weighted by Gasteiger charge is -2.07. The third kappa shape index (κ3) is 2.65. The Labute approximate surface area is 89.5 Å². The topological polar surface area (TPSA) is 46.2 Å². The van der Waals surface area contributed by atoms with Gasteiger partial charge in [0, 0.05) is 18.3 Å². The fourth-order valence-electron chi connectivity index (χ4n) is 1.24. The summed E-state index contributed by atoms with van der Waals surface area (Å²) in [5.74, 6) is -0.770. The number of hydrogen-bond donors (Lipinski definition) is 1. The van der Waals surface area contributed by atoms with E-state index in [1.807, 2.05) is 19.2 Å². The van der Waals surface area contributed by atoms with Crippen molar-refractivity contribution in [3.63, 3.8) is 0 Å². The van der Waals surface area contributed by atoms with Crippen LogP contribution in [0.1, 0.15) is 24.2 Å². The van der Waals surface area contributed by atoms with Gasteiger partial charge in [-0.15, -0.1) is 0 Å². The maximum absolute atomic E-state index is 11.7. The van der Waals surface area contributed by atoms with Crippen molar-refractivity contribution in [3.8, 4) is 0 Å². The van der Waals surface area contributed by atoms with Gasteiger partial charge in [-0.05, 0) is 38.1 Å². The number of Topliss-reactive ketones (excluding diaryl/α,β-unsaturated/α-hetero) is 2. The molecule has 0 radical (unpaired) electrons. The van der Waals surface area contributed by atoms with E-state index in [-0.39, 0.29) is 11.6 Å². The summed E-state index contributed by atoms with van der Waals surface area (Å²) in [6.07, 6.45) is 0. The molecular weight excluding hydrogens is 190 g/mol. The molecule has 1 atom stereocenters. The molecule has 1 unspecified atom stereocenters. The summed E-state index contributed by atoms with van der Waals surface area (Å²) < 4.78 is 0. The number of nitrogens with one attached hydrogen (secondary N) is 1. The summed E-state index contributed by atoms with van der Waals surface area (Å²) in [6, 6.07) is 7.10. The van der Waals surface area contributed by atoms with Crippen LogP contribution in [0, 0.1) is 5.92 Å². The Morgan fingerprint density at radius 1 is 1.20 bits per heavy atom. The molecule has 0 fully saturated rings. The molecule has 80 valence electrons. The van der Waals surface area contributed by atoms with Crippen molar-refractivity contribution < 1.29 is 9.59 Å². The zero-order valence-corrected chi connectivity index (χ0v) is 9.20. The highest BCUT2D eigenvalue weighted by Crippen LogP contribution is 2.13. The summed E-state index contributed by atoms with van der Waals surface area (Å²) in [7, 11) is 1.81. The maximum atomic E-state index is 11.7. The molecule has 1 rings (SSSR count). The summed E-state index contributed by atoms with van der Waals surface area (Å²) in [5, 5.41) is 2.97. The highest BCUT2D eigenvalue weighted by molar-refractivity contribution is 6.09. The Morgan fingerprint density at radius 2 is 1.73 bits per heavy atom. The third-order valence-corrected chi connectivity index (χ3v) is 2.46. The number of hydrogen-bond acceptors (Lipinski definition) is 3. The quantitative estimate of drug-likeness (QED) is 0.605. The first kappa shape index (κ1) is 11.4. The first-order valence-electron chi connectivity index (χ1n) is 4.88. The van der Waals surface area contributed by atoms with Crippen molar-refractivity contribution in [1.82, 2.24) is 0 Å². The molecule has 0 saturated heterocycles. The normalized spacial score (nSPS) is 11.9. The van der Waals surface area contributed by atoms with E-state index in [2.05, 4.69) is 5.32 Å². The molecule has 0 bridgehead atoms. The first-order valence-corrected chi connectivity index (χ1v) is 4.88. The maximum Gasteiger partial charge on any atom is 0.173 e. The van der Waals surface area contributed by atoms with E-state index in [0.29, 0.717) is 5.56 Å². The highest BCUT2D eigenvalue weighted by Gasteiger charge is 2.18. The van der Waals surface area contributed by atoms with Gasteiger partial charge in [-0.2, -0.15) is 0 Å².